The van der Waals surface area contributed by atoms with Crippen molar-refractivity contribution in [1.29, 1.82) is 0 Å². The van der Waals surface area contributed by atoms with E-state index in [1.807, 2.05) is 25.1 Å². The summed E-state index contributed by atoms with van der Waals surface area (Å²) in [6.07, 6.45) is 0. The molecule has 86 valence electrons. The average molecular weight is 243 g/mol. The third-order valence-corrected chi connectivity index (χ3v) is 3.75. The van der Waals surface area contributed by atoms with Gasteiger partial charge in [0.25, 0.3) is 0 Å². The number of fused-ring (bicyclic) bond motifs is 1. The number of aryl methyl sites for hydroxylation is 1. The Kier molecular flexibility index (Phi) is 2.46. The summed E-state index contributed by atoms with van der Waals surface area (Å²) in [5.41, 5.74) is 10.3. The molecular weight excluding hydrogens is 230 g/mol. The van der Waals surface area contributed by atoms with Crippen LogP contribution in [-0.2, 0) is 6.54 Å². The van der Waals surface area contributed by atoms with E-state index < -0.39 is 0 Å². The molecule has 0 aliphatic carbocycles. The Morgan fingerprint density at radius 2 is 2.06 bits per heavy atom. The Labute approximate surface area is 104 Å². The number of aromatic nitrogens is 2. The highest BCUT2D eigenvalue weighted by Crippen LogP contribution is 2.28. The van der Waals surface area contributed by atoms with Crippen molar-refractivity contribution in [3.05, 3.63) is 47.1 Å². The van der Waals surface area contributed by atoms with Gasteiger partial charge in [-0.3, -0.25) is 4.40 Å². The average Bonchev–Trinajstić information content (AvgIpc) is 2.88. The molecule has 0 radical (unpaired) electrons. The fourth-order valence-electron chi connectivity index (χ4n) is 2.07. The van der Waals surface area contributed by atoms with E-state index in [9.17, 15) is 0 Å². The lowest BCUT2D eigenvalue weighted by Crippen LogP contribution is -2.02. The van der Waals surface area contributed by atoms with Crippen LogP contribution in [0.3, 0.4) is 0 Å². The van der Waals surface area contributed by atoms with Gasteiger partial charge in [0.05, 0.1) is 17.1 Å². The van der Waals surface area contributed by atoms with Crippen LogP contribution in [0.15, 0.2) is 35.7 Å². The van der Waals surface area contributed by atoms with Crippen LogP contribution in [-0.4, -0.2) is 9.38 Å². The van der Waals surface area contributed by atoms with Crippen LogP contribution >= 0.6 is 11.3 Å². The molecule has 0 aliphatic heterocycles. The fraction of sp³-hybridized carbons (Fsp3) is 0.154. The molecule has 0 atom stereocenters. The molecule has 2 aromatic heterocycles. The molecule has 3 rings (SSSR count). The molecule has 0 amide bonds. The van der Waals surface area contributed by atoms with E-state index in [0.29, 0.717) is 6.54 Å². The first-order valence-corrected chi connectivity index (χ1v) is 6.40. The molecule has 0 unspecified atom stereocenters. The van der Waals surface area contributed by atoms with Crippen molar-refractivity contribution in [2.75, 3.05) is 0 Å². The molecule has 0 aliphatic rings. The van der Waals surface area contributed by atoms with Gasteiger partial charge in [-0.2, -0.15) is 0 Å². The van der Waals surface area contributed by atoms with E-state index in [1.165, 1.54) is 11.3 Å². The second kappa shape index (κ2) is 3.98. The van der Waals surface area contributed by atoms with Gasteiger partial charge in [-0.1, -0.05) is 30.3 Å². The molecule has 1 aromatic carbocycles. The van der Waals surface area contributed by atoms with Crippen molar-refractivity contribution in [2.24, 2.45) is 5.73 Å². The lowest BCUT2D eigenvalue weighted by atomic mass is 10.2. The molecule has 0 fully saturated rings. The van der Waals surface area contributed by atoms with Crippen molar-refractivity contribution in [1.82, 2.24) is 9.38 Å². The van der Waals surface area contributed by atoms with Crippen LogP contribution in [0.1, 0.15) is 11.4 Å². The van der Waals surface area contributed by atoms with E-state index in [1.54, 1.807) is 11.3 Å². The van der Waals surface area contributed by atoms with Crippen LogP contribution in [0.4, 0.5) is 0 Å². The van der Waals surface area contributed by atoms with E-state index >= 15 is 0 Å². The minimum atomic E-state index is 0.517. The number of benzene rings is 1. The summed E-state index contributed by atoms with van der Waals surface area (Å²) in [5.74, 6) is 0. The maximum absolute atomic E-state index is 5.81. The fourth-order valence-corrected chi connectivity index (χ4v) is 3.03. The second-order valence-corrected chi connectivity index (χ2v) is 4.79. The smallest absolute Gasteiger partial charge is 0.194 e. The van der Waals surface area contributed by atoms with Gasteiger partial charge in [-0.15, -0.1) is 11.3 Å². The van der Waals surface area contributed by atoms with E-state index in [0.717, 1.165) is 16.3 Å². The quantitative estimate of drug-likeness (QED) is 0.752. The molecular formula is C13H13N3S. The molecule has 3 nitrogen and oxygen atoms in total. The van der Waals surface area contributed by atoms with Crippen LogP contribution in [0.25, 0.3) is 16.2 Å². The summed E-state index contributed by atoms with van der Waals surface area (Å²) in [6.45, 7) is 2.53. The summed E-state index contributed by atoms with van der Waals surface area (Å²) in [6, 6.07) is 10.3. The lowest BCUT2D eigenvalue weighted by molar-refractivity contribution is 0.953. The Morgan fingerprint density at radius 3 is 2.76 bits per heavy atom. The van der Waals surface area contributed by atoms with Crippen molar-refractivity contribution in [2.45, 2.75) is 13.5 Å². The third-order valence-electron chi connectivity index (χ3n) is 2.92. The SMILES string of the molecule is Cc1nc2scc(-c3ccccc3)n2c1CN. The Bertz CT molecular complexity index is 652. The predicted octanol–water partition coefficient (Wildman–Crippen LogP) is 2.83. The molecule has 4 heteroatoms. The maximum atomic E-state index is 5.81. The Balaban J connectivity index is 2.31. The summed E-state index contributed by atoms with van der Waals surface area (Å²) >= 11 is 1.66. The van der Waals surface area contributed by atoms with Crippen molar-refractivity contribution in [3.63, 3.8) is 0 Å². The number of hydrogen-bond acceptors (Lipinski definition) is 3. The normalized spacial score (nSPS) is 11.2. The van der Waals surface area contributed by atoms with Crippen molar-refractivity contribution >= 4 is 16.3 Å². The molecule has 2 N–H and O–H groups in total. The highest BCUT2D eigenvalue weighted by atomic mass is 32.1. The Morgan fingerprint density at radius 1 is 1.29 bits per heavy atom. The van der Waals surface area contributed by atoms with Gasteiger partial charge in [-0.25, -0.2) is 4.98 Å². The van der Waals surface area contributed by atoms with Crippen LogP contribution in [0.5, 0.6) is 0 Å². The number of rotatable bonds is 2. The van der Waals surface area contributed by atoms with Crippen LogP contribution < -0.4 is 5.73 Å². The van der Waals surface area contributed by atoms with Gasteiger partial charge < -0.3 is 5.73 Å². The maximum Gasteiger partial charge on any atom is 0.194 e. The monoisotopic (exact) mass is 243 g/mol. The van der Waals surface area contributed by atoms with Gasteiger partial charge in [0, 0.05) is 11.9 Å². The Hall–Kier alpha value is -1.65. The predicted molar refractivity (Wildman–Crippen MR) is 71.1 cm³/mol. The minimum Gasteiger partial charge on any atom is -0.325 e. The third kappa shape index (κ3) is 1.57. The van der Waals surface area contributed by atoms with Gasteiger partial charge >= 0.3 is 0 Å². The highest BCUT2D eigenvalue weighted by molar-refractivity contribution is 7.15. The van der Waals surface area contributed by atoms with E-state index in [-0.39, 0.29) is 0 Å². The highest BCUT2D eigenvalue weighted by Gasteiger charge is 2.13. The molecule has 0 saturated carbocycles. The molecule has 0 bridgehead atoms. The van der Waals surface area contributed by atoms with Crippen LogP contribution in [0.2, 0.25) is 0 Å². The number of hydrogen-bond donors (Lipinski definition) is 1. The zero-order valence-corrected chi connectivity index (χ0v) is 10.4. The first-order valence-electron chi connectivity index (χ1n) is 5.52. The van der Waals surface area contributed by atoms with Gasteiger partial charge in [0.15, 0.2) is 4.96 Å². The summed E-state index contributed by atoms with van der Waals surface area (Å²) in [7, 11) is 0. The standard InChI is InChI=1S/C13H13N3S/c1-9-11(7-14)16-12(8-17-13(16)15-9)10-5-3-2-4-6-10/h2-6,8H,7,14H2,1H3. The van der Waals surface area contributed by atoms with E-state index in [2.05, 4.69) is 26.9 Å². The first-order chi connectivity index (χ1) is 8.31. The van der Waals surface area contributed by atoms with E-state index in [4.69, 9.17) is 5.73 Å². The topological polar surface area (TPSA) is 43.3 Å². The number of thiazole rings is 1. The van der Waals surface area contributed by atoms with Crippen molar-refractivity contribution in [3.8, 4) is 11.3 Å². The van der Waals surface area contributed by atoms with Gasteiger partial charge in [0.1, 0.15) is 0 Å². The molecule has 17 heavy (non-hydrogen) atoms. The summed E-state index contributed by atoms with van der Waals surface area (Å²) in [5, 5.41) is 2.14. The van der Waals surface area contributed by atoms with Gasteiger partial charge in [0.2, 0.25) is 0 Å². The zero-order valence-electron chi connectivity index (χ0n) is 9.55. The first kappa shape index (κ1) is 10.5. The summed E-state index contributed by atoms with van der Waals surface area (Å²) < 4.78 is 2.16. The lowest BCUT2D eigenvalue weighted by Gasteiger charge is -2.03. The van der Waals surface area contributed by atoms with Crippen molar-refractivity contribution < 1.29 is 0 Å². The zero-order chi connectivity index (χ0) is 11.8. The number of nitrogens with two attached hydrogens (primary N) is 1. The largest absolute Gasteiger partial charge is 0.325 e. The second-order valence-electron chi connectivity index (χ2n) is 3.95. The molecule has 0 saturated heterocycles. The molecule has 2 heterocycles. The van der Waals surface area contributed by atoms with Crippen LogP contribution in [0, 0.1) is 6.92 Å². The minimum absolute atomic E-state index is 0.517. The molecule has 3 aromatic rings. The number of imidazole rings is 1. The van der Waals surface area contributed by atoms with Gasteiger partial charge in [-0.05, 0) is 12.5 Å². The molecule has 0 spiro atoms. The summed E-state index contributed by atoms with van der Waals surface area (Å²) in [4.78, 5) is 5.55. The number of nitrogens with zero attached hydrogens (tertiary/aromatic N) is 2.